The Morgan fingerprint density at radius 2 is 2.16 bits per heavy atom. The lowest BCUT2D eigenvalue weighted by Gasteiger charge is -2.29. The number of ether oxygens (including phenoxy) is 1. The molecule has 0 radical (unpaired) electrons. The first-order valence-corrected chi connectivity index (χ1v) is 5.41. The minimum atomic E-state index is -5.07. The summed E-state index contributed by atoms with van der Waals surface area (Å²) < 4.78 is 56.8. The van der Waals surface area contributed by atoms with E-state index in [1.807, 2.05) is 0 Å². The number of hydrogen-bond donors (Lipinski definition) is 1. The Labute approximate surface area is 106 Å². The van der Waals surface area contributed by atoms with Crippen LogP contribution in [0.4, 0.5) is 17.6 Å². The molecule has 0 aliphatic rings. The number of nitrogens with zero attached hydrogens (tertiary/aromatic N) is 2. The Kier molecular flexibility index (Phi) is 4.51. The Morgan fingerprint density at radius 3 is 2.58 bits per heavy atom. The van der Waals surface area contributed by atoms with Crippen molar-refractivity contribution in [3.8, 4) is 0 Å². The predicted molar refractivity (Wildman–Crippen MR) is 56.4 cm³/mol. The largest absolute Gasteiger partial charge is 0.464 e. The first kappa shape index (κ1) is 15.4. The molecule has 0 aromatic carbocycles. The second-order valence-electron chi connectivity index (χ2n) is 3.95. The van der Waals surface area contributed by atoms with Crippen molar-refractivity contribution >= 4 is 5.97 Å². The predicted octanol–water partition coefficient (Wildman–Crippen LogP) is 1.24. The van der Waals surface area contributed by atoms with E-state index in [1.54, 1.807) is 6.92 Å². The summed E-state index contributed by atoms with van der Waals surface area (Å²) in [5, 5.41) is 0. The highest BCUT2D eigenvalue weighted by Gasteiger charge is 2.59. The van der Waals surface area contributed by atoms with Gasteiger partial charge in [-0.3, -0.25) is 0 Å². The van der Waals surface area contributed by atoms with Crippen LogP contribution >= 0.6 is 0 Å². The molecule has 0 bridgehead atoms. The van der Waals surface area contributed by atoms with Crippen molar-refractivity contribution in [2.45, 2.75) is 31.6 Å². The molecule has 0 saturated carbocycles. The van der Waals surface area contributed by atoms with Crippen LogP contribution in [-0.4, -0.2) is 33.8 Å². The summed E-state index contributed by atoms with van der Waals surface area (Å²) in [7, 11) is 0. The number of alkyl halides is 3. The van der Waals surface area contributed by atoms with E-state index >= 15 is 0 Å². The SMILES string of the molecule is CCCOC(=O)C(N)(Cn1cncc1F)C(F)(F)F. The number of carbonyl (C=O) groups excluding carboxylic acids is 1. The van der Waals surface area contributed by atoms with E-state index in [0.29, 0.717) is 17.2 Å². The molecule has 1 atom stereocenters. The third-order valence-electron chi connectivity index (χ3n) is 2.39. The highest BCUT2D eigenvalue weighted by molar-refractivity contribution is 5.81. The first-order valence-electron chi connectivity index (χ1n) is 5.41. The number of halogens is 4. The normalized spacial score (nSPS) is 15.1. The van der Waals surface area contributed by atoms with Crippen LogP contribution in [0.15, 0.2) is 12.5 Å². The van der Waals surface area contributed by atoms with Crippen molar-refractivity contribution in [2.75, 3.05) is 6.61 Å². The summed E-state index contributed by atoms with van der Waals surface area (Å²) in [6, 6.07) is 0. The fraction of sp³-hybridized carbons (Fsp3) is 0.600. The zero-order chi connectivity index (χ0) is 14.7. The van der Waals surface area contributed by atoms with E-state index < -0.39 is 30.2 Å². The average Bonchev–Trinajstić information content (AvgIpc) is 2.70. The molecule has 0 fully saturated rings. The van der Waals surface area contributed by atoms with E-state index in [4.69, 9.17) is 5.73 Å². The summed E-state index contributed by atoms with van der Waals surface area (Å²) in [4.78, 5) is 14.8. The van der Waals surface area contributed by atoms with Gasteiger partial charge in [0.1, 0.15) is 0 Å². The third-order valence-corrected chi connectivity index (χ3v) is 2.39. The van der Waals surface area contributed by atoms with Crippen LogP contribution in [0.1, 0.15) is 13.3 Å². The van der Waals surface area contributed by atoms with Crippen molar-refractivity contribution in [1.82, 2.24) is 9.55 Å². The first-order chi connectivity index (χ1) is 8.72. The van der Waals surface area contributed by atoms with Crippen molar-refractivity contribution in [3.63, 3.8) is 0 Å². The quantitative estimate of drug-likeness (QED) is 0.652. The fourth-order valence-corrected chi connectivity index (χ4v) is 1.28. The lowest BCUT2D eigenvalue weighted by atomic mass is 10.0. The smallest absolute Gasteiger partial charge is 0.419 e. The van der Waals surface area contributed by atoms with Gasteiger partial charge < -0.3 is 15.0 Å². The van der Waals surface area contributed by atoms with Gasteiger partial charge in [0.2, 0.25) is 11.5 Å². The minimum Gasteiger partial charge on any atom is -0.464 e. The van der Waals surface area contributed by atoms with Crippen molar-refractivity contribution in [2.24, 2.45) is 5.73 Å². The van der Waals surface area contributed by atoms with E-state index in [-0.39, 0.29) is 6.61 Å². The van der Waals surface area contributed by atoms with Crippen molar-refractivity contribution < 1.29 is 27.1 Å². The zero-order valence-corrected chi connectivity index (χ0v) is 10.1. The number of esters is 1. The summed E-state index contributed by atoms with van der Waals surface area (Å²) in [6.45, 7) is 0.291. The maximum Gasteiger partial charge on any atom is 0.419 e. The average molecular weight is 283 g/mol. The number of hydrogen-bond acceptors (Lipinski definition) is 4. The van der Waals surface area contributed by atoms with Gasteiger partial charge in [-0.25, -0.2) is 9.78 Å². The molecule has 1 unspecified atom stereocenters. The molecule has 0 amide bonds. The van der Waals surface area contributed by atoms with Gasteiger partial charge >= 0.3 is 12.1 Å². The number of aromatic nitrogens is 2. The molecule has 0 spiro atoms. The molecule has 5 nitrogen and oxygen atoms in total. The zero-order valence-electron chi connectivity index (χ0n) is 10.1. The number of carbonyl (C=O) groups is 1. The van der Waals surface area contributed by atoms with Gasteiger partial charge in [0.05, 0.1) is 25.7 Å². The van der Waals surface area contributed by atoms with Gasteiger partial charge in [0.15, 0.2) is 0 Å². The number of rotatable bonds is 5. The van der Waals surface area contributed by atoms with Crippen LogP contribution in [0, 0.1) is 5.95 Å². The van der Waals surface area contributed by atoms with Gasteiger partial charge in [-0.2, -0.15) is 17.6 Å². The van der Waals surface area contributed by atoms with Crippen LogP contribution in [-0.2, 0) is 16.1 Å². The molecule has 9 heteroatoms. The third kappa shape index (κ3) is 3.22. The van der Waals surface area contributed by atoms with E-state index in [1.165, 1.54) is 0 Å². The van der Waals surface area contributed by atoms with E-state index in [2.05, 4.69) is 9.72 Å². The second-order valence-corrected chi connectivity index (χ2v) is 3.95. The molecule has 0 saturated heterocycles. The monoisotopic (exact) mass is 283 g/mol. The molecule has 108 valence electrons. The molecule has 19 heavy (non-hydrogen) atoms. The van der Waals surface area contributed by atoms with Gasteiger partial charge in [-0.15, -0.1) is 0 Å². The number of nitrogens with two attached hydrogens (primary N) is 1. The molecule has 1 rings (SSSR count). The lowest BCUT2D eigenvalue weighted by Crippen LogP contribution is -2.63. The topological polar surface area (TPSA) is 70.1 Å². The molecular weight excluding hydrogens is 270 g/mol. The highest BCUT2D eigenvalue weighted by Crippen LogP contribution is 2.31. The second kappa shape index (κ2) is 5.55. The Balaban J connectivity index is 3.00. The van der Waals surface area contributed by atoms with Crippen molar-refractivity contribution in [1.29, 1.82) is 0 Å². The number of imidazole rings is 1. The molecule has 1 aromatic heterocycles. The maximum atomic E-state index is 13.1. The Morgan fingerprint density at radius 1 is 1.53 bits per heavy atom. The highest BCUT2D eigenvalue weighted by atomic mass is 19.4. The minimum absolute atomic E-state index is 0.194. The summed E-state index contributed by atoms with van der Waals surface area (Å²) in [5.41, 5.74) is 1.79. The molecular formula is C10H13F4N3O2. The van der Waals surface area contributed by atoms with Crippen LogP contribution in [0.2, 0.25) is 0 Å². The van der Waals surface area contributed by atoms with E-state index in [9.17, 15) is 22.4 Å². The van der Waals surface area contributed by atoms with Crippen molar-refractivity contribution in [3.05, 3.63) is 18.5 Å². The van der Waals surface area contributed by atoms with Gasteiger partial charge in [-0.05, 0) is 6.42 Å². The Hall–Kier alpha value is -1.64. The van der Waals surface area contributed by atoms with E-state index in [0.717, 1.165) is 6.33 Å². The van der Waals surface area contributed by atoms with Gasteiger partial charge in [0.25, 0.3) is 0 Å². The molecule has 0 aliphatic carbocycles. The van der Waals surface area contributed by atoms with Crippen LogP contribution in [0.25, 0.3) is 0 Å². The molecule has 1 heterocycles. The summed E-state index contributed by atoms with van der Waals surface area (Å²) >= 11 is 0. The molecule has 1 aromatic rings. The van der Waals surface area contributed by atoms with Gasteiger partial charge in [0, 0.05) is 0 Å². The van der Waals surface area contributed by atoms with Crippen LogP contribution < -0.4 is 5.73 Å². The fourth-order valence-electron chi connectivity index (χ4n) is 1.28. The maximum absolute atomic E-state index is 13.1. The standard InChI is InChI=1S/C10H13F4N3O2/c1-2-3-19-8(18)9(15,10(12,13)14)5-17-6-16-4-7(17)11/h4,6H,2-3,5,15H2,1H3. The van der Waals surface area contributed by atoms with Crippen LogP contribution in [0.5, 0.6) is 0 Å². The Bertz CT molecular complexity index is 446. The van der Waals surface area contributed by atoms with Gasteiger partial charge in [-0.1, -0.05) is 6.92 Å². The summed E-state index contributed by atoms with van der Waals surface area (Å²) in [6.07, 6.45) is -3.20. The summed E-state index contributed by atoms with van der Waals surface area (Å²) in [5.74, 6) is -2.67. The lowest BCUT2D eigenvalue weighted by molar-refractivity contribution is -0.208. The molecule has 2 N–H and O–H groups in total. The molecule has 0 aliphatic heterocycles. The van der Waals surface area contributed by atoms with Crippen LogP contribution in [0.3, 0.4) is 0 Å².